The van der Waals surface area contributed by atoms with Crippen LogP contribution in [0.25, 0.3) is 0 Å². The lowest BCUT2D eigenvalue weighted by molar-refractivity contribution is 0.194. The zero-order chi connectivity index (χ0) is 10.4. The van der Waals surface area contributed by atoms with Crippen LogP contribution in [0.5, 0.6) is 0 Å². The summed E-state index contributed by atoms with van der Waals surface area (Å²) in [6.45, 7) is 0.747. The Morgan fingerprint density at radius 1 is 1.36 bits per heavy atom. The quantitative estimate of drug-likeness (QED) is 0.740. The Morgan fingerprint density at radius 2 is 2.00 bits per heavy atom. The van der Waals surface area contributed by atoms with Crippen molar-refractivity contribution in [2.24, 2.45) is 0 Å². The molecule has 0 aliphatic rings. The summed E-state index contributed by atoms with van der Waals surface area (Å²) in [6.07, 6.45) is 1.87. The molecule has 0 N–H and O–H groups in total. The smallest absolute Gasteiger partial charge is 0.123 e. The summed E-state index contributed by atoms with van der Waals surface area (Å²) in [5.41, 5.74) is 1.14. The third-order valence-corrected chi connectivity index (χ3v) is 2.79. The van der Waals surface area contributed by atoms with Crippen molar-refractivity contribution in [3.05, 3.63) is 35.6 Å². The van der Waals surface area contributed by atoms with Crippen LogP contribution in [0.3, 0.4) is 0 Å². The molecule has 0 fully saturated rings. The first-order valence-electron chi connectivity index (χ1n) is 4.60. The third kappa shape index (κ3) is 4.20. The van der Waals surface area contributed by atoms with Crippen molar-refractivity contribution < 1.29 is 9.13 Å². The van der Waals surface area contributed by atoms with Gasteiger partial charge in [0.15, 0.2) is 0 Å². The highest BCUT2D eigenvalue weighted by Crippen LogP contribution is 2.13. The van der Waals surface area contributed by atoms with Crippen molar-refractivity contribution in [1.29, 1.82) is 0 Å². The topological polar surface area (TPSA) is 9.23 Å². The molecule has 3 heteroatoms. The number of benzene rings is 1. The molecule has 0 bridgehead atoms. The molecule has 0 heterocycles. The number of hydrogen-bond donors (Lipinski definition) is 0. The maximum Gasteiger partial charge on any atom is 0.123 e. The van der Waals surface area contributed by atoms with E-state index >= 15 is 0 Å². The van der Waals surface area contributed by atoms with Gasteiger partial charge in [0.25, 0.3) is 0 Å². The molecule has 0 amide bonds. The SMILES string of the molecule is COCCC(Br)Cc1ccc(F)cc1. The van der Waals surface area contributed by atoms with E-state index in [0.29, 0.717) is 4.83 Å². The van der Waals surface area contributed by atoms with Gasteiger partial charge in [-0.15, -0.1) is 0 Å². The van der Waals surface area contributed by atoms with E-state index in [1.54, 1.807) is 7.11 Å². The normalized spacial score (nSPS) is 12.8. The maximum absolute atomic E-state index is 12.6. The molecular formula is C11H14BrFO. The van der Waals surface area contributed by atoms with Gasteiger partial charge in [0.2, 0.25) is 0 Å². The number of halogens is 2. The second kappa shape index (κ2) is 6.14. The number of ether oxygens (including phenoxy) is 1. The second-order valence-corrected chi connectivity index (χ2v) is 4.50. The van der Waals surface area contributed by atoms with E-state index in [2.05, 4.69) is 15.9 Å². The Hall–Kier alpha value is -0.410. The van der Waals surface area contributed by atoms with Crippen LogP contribution < -0.4 is 0 Å². The van der Waals surface area contributed by atoms with Crippen LogP contribution >= 0.6 is 15.9 Å². The molecule has 1 rings (SSSR count). The average Bonchev–Trinajstić information content (AvgIpc) is 2.18. The highest BCUT2D eigenvalue weighted by atomic mass is 79.9. The first-order chi connectivity index (χ1) is 6.72. The molecule has 0 aliphatic heterocycles. The van der Waals surface area contributed by atoms with Gasteiger partial charge in [-0.25, -0.2) is 4.39 Å². The molecule has 1 aromatic rings. The van der Waals surface area contributed by atoms with E-state index in [0.717, 1.165) is 25.0 Å². The Kier molecular flexibility index (Phi) is 5.12. The van der Waals surface area contributed by atoms with Crippen molar-refractivity contribution in [3.8, 4) is 0 Å². The number of alkyl halides is 1. The van der Waals surface area contributed by atoms with E-state index < -0.39 is 0 Å². The molecule has 0 saturated heterocycles. The molecule has 78 valence electrons. The van der Waals surface area contributed by atoms with Crippen molar-refractivity contribution in [2.45, 2.75) is 17.7 Å². The van der Waals surface area contributed by atoms with Crippen molar-refractivity contribution in [1.82, 2.24) is 0 Å². The van der Waals surface area contributed by atoms with Gasteiger partial charge in [-0.3, -0.25) is 0 Å². The summed E-state index contributed by atoms with van der Waals surface area (Å²) in [7, 11) is 1.69. The van der Waals surface area contributed by atoms with Crippen LogP contribution in [0.15, 0.2) is 24.3 Å². The Balaban J connectivity index is 2.39. The van der Waals surface area contributed by atoms with Gasteiger partial charge in [0.1, 0.15) is 5.82 Å². The fourth-order valence-corrected chi connectivity index (χ4v) is 1.78. The van der Waals surface area contributed by atoms with Gasteiger partial charge in [-0.1, -0.05) is 28.1 Å². The summed E-state index contributed by atoms with van der Waals surface area (Å²) in [4.78, 5) is 0.396. The van der Waals surface area contributed by atoms with Gasteiger partial charge < -0.3 is 4.74 Å². The minimum absolute atomic E-state index is 0.184. The second-order valence-electron chi connectivity index (χ2n) is 3.21. The van der Waals surface area contributed by atoms with E-state index in [-0.39, 0.29) is 5.82 Å². The molecule has 0 aliphatic carbocycles. The first kappa shape index (κ1) is 11.7. The fraction of sp³-hybridized carbons (Fsp3) is 0.455. The van der Waals surface area contributed by atoms with Crippen LogP contribution in [0.2, 0.25) is 0 Å². The zero-order valence-electron chi connectivity index (χ0n) is 8.17. The lowest BCUT2D eigenvalue weighted by atomic mass is 10.1. The summed E-state index contributed by atoms with van der Waals surface area (Å²) >= 11 is 3.56. The highest BCUT2D eigenvalue weighted by molar-refractivity contribution is 9.09. The number of hydrogen-bond acceptors (Lipinski definition) is 1. The Labute approximate surface area is 92.4 Å². The molecule has 0 saturated carbocycles. The van der Waals surface area contributed by atoms with Crippen molar-refractivity contribution in [2.75, 3.05) is 13.7 Å². The zero-order valence-corrected chi connectivity index (χ0v) is 9.76. The van der Waals surface area contributed by atoms with E-state index in [4.69, 9.17) is 4.74 Å². The lowest BCUT2D eigenvalue weighted by Gasteiger charge is -2.08. The van der Waals surface area contributed by atoms with Gasteiger partial charge in [0, 0.05) is 18.5 Å². The molecule has 14 heavy (non-hydrogen) atoms. The van der Waals surface area contributed by atoms with E-state index in [9.17, 15) is 4.39 Å². The number of rotatable bonds is 5. The van der Waals surface area contributed by atoms with Gasteiger partial charge >= 0.3 is 0 Å². The monoisotopic (exact) mass is 260 g/mol. The van der Waals surface area contributed by atoms with Crippen LogP contribution in [0, 0.1) is 5.82 Å². The molecular weight excluding hydrogens is 247 g/mol. The Bertz CT molecular complexity index is 260. The van der Waals surface area contributed by atoms with Crippen LogP contribution in [0.1, 0.15) is 12.0 Å². The van der Waals surface area contributed by atoms with Gasteiger partial charge in [0.05, 0.1) is 0 Å². The Morgan fingerprint density at radius 3 is 2.57 bits per heavy atom. The van der Waals surface area contributed by atoms with Crippen LogP contribution in [-0.2, 0) is 11.2 Å². The largest absolute Gasteiger partial charge is 0.385 e. The maximum atomic E-state index is 12.6. The minimum Gasteiger partial charge on any atom is -0.385 e. The standard InChI is InChI=1S/C11H14BrFO/c1-14-7-6-10(12)8-9-2-4-11(13)5-3-9/h2-5,10H,6-8H2,1H3. The van der Waals surface area contributed by atoms with Crippen molar-refractivity contribution >= 4 is 15.9 Å². The molecule has 0 radical (unpaired) electrons. The van der Waals surface area contributed by atoms with E-state index in [1.165, 1.54) is 12.1 Å². The predicted molar refractivity (Wildman–Crippen MR) is 59.3 cm³/mol. The van der Waals surface area contributed by atoms with Crippen molar-refractivity contribution in [3.63, 3.8) is 0 Å². The lowest BCUT2D eigenvalue weighted by Crippen LogP contribution is -2.06. The highest BCUT2D eigenvalue weighted by Gasteiger charge is 2.04. The summed E-state index contributed by atoms with van der Waals surface area (Å²) in [5, 5.41) is 0. The third-order valence-electron chi connectivity index (χ3n) is 2.01. The fourth-order valence-electron chi connectivity index (χ4n) is 1.22. The first-order valence-corrected chi connectivity index (χ1v) is 5.51. The van der Waals surface area contributed by atoms with E-state index in [1.807, 2.05) is 12.1 Å². The average molecular weight is 261 g/mol. The molecule has 1 atom stereocenters. The molecule has 0 aromatic heterocycles. The molecule has 1 nitrogen and oxygen atoms in total. The summed E-state index contributed by atoms with van der Waals surface area (Å²) in [6, 6.07) is 6.61. The predicted octanol–water partition coefficient (Wildman–Crippen LogP) is 3.17. The number of methoxy groups -OCH3 is 1. The molecule has 1 unspecified atom stereocenters. The summed E-state index contributed by atoms with van der Waals surface area (Å²) in [5.74, 6) is -0.184. The minimum atomic E-state index is -0.184. The van der Waals surface area contributed by atoms with Gasteiger partial charge in [-0.05, 0) is 30.5 Å². The molecule has 0 spiro atoms. The van der Waals surface area contributed by atoms with Crippen LogP contribution in [-0.4, -0.2) is 18.5 Å². The summed E-state index contributed by atoms with van der Waals surface area (Å²) < 4.78 is 17.6. The van der Waals surface area contributed by atoms with Crippen LogP contribution in [0.4, 0.5) is 4.39 Å². The molecule has 1 aromatic carbocycles. The van der Waals surface area contributed by atoms with Gasteiger partial charge in [-0.2, -0.15) is 0 Å².